The van der Waals surface area contributed by atoms with E-state index in [2.05, 4.69) is 40.0 Å². The number of hydrogen-bond donors (Lipinski definition) is 3. The number of urea groups is 1. The molecular weight excluding hydrogens is 348 g/mol. The van der Waals surface area contributed by atoms with Crippen LogP contribution in [0.4, 0.5) is 21.9 Å². The molecule has 0 aliphatic heterocycles. The van der Waals surface area contributed by atoms with Crippen LogP contribution >= 0.6 is 11.6 Å². The molecule has 0 aliphatic carbocycles. The first-order valence-corrected chi connectivity index (χ1v) is 8.58. The lowest BCUT2D eigenvalue weighted by molar-refractivity contribution is 0.262. The minimum atomic E-state index is -0.342. The molecule has 0 spiro atoms. The van der Waals surface area contributed by atoms with Crippen LogP contribution in [0.15, 0.2) is 73.1 Å². The number of halogens is 1. The van der Waals surface area contributed by atoms with E-state index in [1.54, 1.807) is 36.7 Å². The van der Waals surface area contributed by atoms with Gasteiger partial charge in [-0.2, -0.15) is 0 Å². The summed E-state index contributed by atoms with van der Waals surface area (Å²) in [5, 5.41) is 9.41. The maximum absolute atomic E-state index is 12.0. The van der Waals surface area contributed by atoms with Crippen molar-refractivity contribution in [2.45, 2.75) is 13.0 Å². The molecule has 1 unspecified atom stereocenters. The topological polar surface area (TPSA) is 66.0 Å². The number of nitrogens with zero attached hydrogens (tertiary/aromatic N) is 1. The summed E-state index contributed by atoms with van der Waals surface area (Å²) in [5.74, 6) is 0. The van der Waals surface area contributed by atoms with Crippen molar-refractivity contribution in [2.24, 2.45) is 0 Å². The van der Waals surface area contributed by atoms with E-state index in [-0.39, 0.29) is 12.1 Å². The maximum Gasteiger partial charge on any atom is 0.323 e. The summed E-state index contributed by atoms with van der Waals surface area (Å²) in [6, 6.07) is 18.7. The third kappa shape index (κ3) is 4.74. The second-order valence-electron chi connectivity index (χ2n) is 5.79. The van der Waals surface area contributed by atoms with E-state index in [0.29, 0.717) is 16.4 Å². The highest BCUT2D eigenvalue weighted by atomic mass is 35.5. The average Bonchev–Trinajstić information content (AvgIpc) is 2.65. The van der Waals surface area contributed by atoms with E-state index in [9.17, 15) is 4.79 Å². The standard InChI is InChI=1S/C20H19ClN4O/c1-14(15-5-3-2-4-6-15)23-19-8-7-17(13-18(19)21)25-20(26)24-16-9-11-22-12-10-16/h2-14,23H,1H3,(H2,22,24,25,26). The predicted molar refractivity (Wildman–Crippen MR) is 107 cm³/mol. The van der Waals surface area contributed by atoms with Crippen molar-refractivity contribution in [3.05, 3.63) is 83.6 Å². The largest absolute Gasteiger partial charge is 0.377 e. The van der Waals surface area contributed by atoms with E-state index in [4.69, 9.17) is 11.6 Å². The summed E-state index contributed by atoms with van der Waals surface area (Å²) in [6.45, 7) is 2.07. The molecule has 5 nitrogen and oxygen atoms in total. The molecular formula is C20H19ClN4O. The number of anilines is 3. The van der Waals surface area contributed by atoms with Crippen molar-refractivity contribution in [1.82, 2.24) is 4.98 Å². The van der Waals surface area contributed by atoms with Gasteiger partial charge in [0.15, 0.2) is 0 Å². The minimum Gasteiger partial charge on any atom is -0.377 e. The number of hydrogen-bond acceptors (Lipinski definition) is 3. The number of aromatic nitrogens is 1. The van der Waals surface area contributed by atoms with Gasteiger partial charge in [0.2, 0.25) is 0 Å². The Bertz CT molecular complexity index is 871. The Morgan fingerprint density at radius 2 is 1.65 bits per heavy atom. The van der Waals surface area contributed by atoms with Crippen molar-refractivity contribution >= 4 is 34.7 Å². The van der Waals surface area contributed by atoms with Crippen LogP contribution < -0.4 is 16.0 Å². The van der Waals surface area contributed by atoms with Gasteiger partial charge in [-0.15, -0.1) is 0 Å². The van der Waals surface area contributed by atoms with Crippen LogP contribution in [0.5, 0.6) is 0 Å². The van der Waals surface area contributed by atoms with Gasteiger partial charge in [-0.3, -0.25) is 4.98 Å². The first-order valence-electron chi connectivity index (χ1n) is 8.21. The van der Waals surface area contributed by atoms with Crippen LogP contribution in [-0.2, 0) is 0 Å². The molecule has 0 fully saturated rings. The minimum absolute atomic E-state index is 0.113. The highest BCUT2D eigenvalue weighted by Crippen LogP contribution is 2.29. The molecule has 2 aromatic carbocycles. The molecule has 0 radical (unpaired) electrons. The Balaban J connectivity index is 1.63. The van der Waals surface area contributed by atoms with Crippen LogP contribution in [0.2, 0.25) is 5.02 Å². The van der Waals surface area contributed by atoms with E-state index in [0.717, 1.165) is 5.69 Å². The van der Waals surface area contributed by atoms with E-state index in [1.807, 2.05) is 24.3 Å². The number of benzene rings is 2. The molecule has 2 amide bonds. The molecule has 1 heterocycles. The monoisotopic (exact) mass is 366 g/mol. The number of carbonyl (C=O) groups is 1. The van der Waals surface area contributed by atoms with Gasteiger partial charge in [0.1, 0.15) is 0 Å². The summed E-state index contributed by atoms with van der Waals surface area (Å²) < 4.78 is 0. The Morgan fingerprint density at radius 1 is 0.962 bits per heavy atom. The number of carbonyl (C=O) groups excluding carboxylic acids is 1. The van der Waals surface area contributed by atoms with Gasteiger partial charge in [-0.05, 0) is 42.8 Å². The first kappa shape index (κ1) is 17.8. The fourth-order valence-corrected chi connectivity index (χ4v) is 2.73. The van der Waals surface area contributed by atoms with Crippen molar-refractivity contribution in [3.63, 3.8) is 0 Å². The molecule has 3 rings (SSSR count). The second-order valence-corrected chi connectivity index (χ2v) is 6.19. The first-order chi connectivity index (χ1) is 12.6. The highest BCUT2D eigenvalue weighted by molar-refractivity contribution is 6.33. The fourth-order valence-electron chi connectivity index (χ4n) is 2.50. The molecule has 1 aromatic heterocycles. The van der Waals surface area contributed by atoms with Gasteiger partial charge in [-0.25, -0.2) is 4.79 Å². The SMILES string of the molecule is CC(Nc1ccc(NC(=O)Nc2ccncc2)cc1Cl)c1ccccc1. The second kappa shape index (κ2) is 8.36. The number of nitrogens with one attached hydrogen (secondary N) is 3. The molecule has 0 saturated carbocycles. The fraction of sp³-hybridized carbons (Fsp3) is 0.100. The summed E-state index contributed by atoms with van der Waals surface area (Å²) in [6.07, 6.45) is 3.22. The number of pyridine rings is 1. The van der Waals surface area contributed by atoms with Gasteiger partial charge in [0, 0.05) is 29.8 Å². The van der Waals surface area contributed by atoms with Crippen molar-refractivity contribution < 1.29 is 4.79 Å². The molecule has 0 bridgehead atoms. The summed E-state index contributed by atoms with van der Waals surface area (Å²) in [5.41, 5.74) is 3.25. The molecule has 3 aromatic rings. The lowest BCUT2D eigenvalue weighted by atomic mass is 10.1. The van der Waals surface area contributed by atoms with Gasteiger partial charge in [-0.1, -0.05) is 41.9 Å². The van der Waals surface area contributed by atoms with Gasteiger partial charge >= 0.3 is 6.03 Å². The van der Waals surface area contributed by atoms with Crippen LogP contribution in [0, 0.1) is 0 Å². The van der Waals surface area contributed by atoms with E-state index < -0.39 is 0 Å². The predicted octanol–water partition coefficient (Wildman–Crippen LogP) is 5.55. The zero-order valence-corrected chi connectivity index (χ0v) is 15.0. The lowest BCUT2D eigenvalue weighted by Gasteiger charge is -2.17. The van der Waals surface area contributed by atoms with Gasteiger partial charge < -0.3 is 16.0 Å². The van der Waals surface area contributed by atoms with Crippen LogP contribution in [-0.4, -0.2) is 11.0 Å². The van der Waals surface area contributed by atoms with Crippen LogP contribution in [0.1, 0.15) is 18.5 Å². The van der Waals surface area contributed by atoms with E-state index in [1.165, 1.54) is 5.56 Å². The summed E-state index contributed by atoms with van der Waals surface area (Å²) in [4.78, 5) is 15.9. The Kier molecular flexibility index (Phi) is 5.71. The van der Waals surface area contributed by atoms with Crippen molar-refractivity contribution in [3.8, 4) is 0 Å². The smallest absolute Gasteiger partial charge is 0.323 e. The third-order valence-electron chi connectivity index (χ3n) is 3.84. The summed E-state index contributed by atoms with van der Waals surface area (Å²) in [7, 11) is 0. The van der Waals surface area contributed by atoms with Crippen molar-refractivity contribution in [2.75, 3.05) is 16.0 Å². The molecule has 26 heavy (non-hydrogen) atoms. The van der Waals surface area contributed by atoms with Crippen LogP contribution in [0.25, 0.3) is 0 Å². The third-order valence-corrected chi connectivity index (χ3v) is 4.15. The average molecular weight is 367 g/mol. The summed E-state index contributed by atoms with van der Waals surface area (Å²) >= 11 is 6.36. The van der Waals surface area contributed by atoms with Gasteiger partial charge in [0.05, 0.1) is 10.7 Å². The molecule has 0 saturated heterocycles. The Labute approximate surface area is 157 Å². The lowest BCUT2D eigenvalue weighted by Crippen LogP contribution is -2.19. The van der Waals surface area contributed by atoms with E-state index >= 15 is 0 Å². The Morgan fingerprint density at radius 3 is 2.35 bits per heavy atom. The molecule has 3 N–H and O–H groups in total. The molecule has 0 aliphatic rings. The quantitative estimate of drug-likeness (QED) is 0.554. The zero-order chi connectivity index (χ0) is 18.4. The number of amides is 2. The van der Waals surface area contributed by atoms with Crippen LogP contribution in [0.3, 0.4) is 0 Å². The number of rotatable bonds is 5. The molecule has 1 atom stereocenters. The molecule has 132 valence electrons. The van der Waals surface area contributed by atoms with Gasteiger partial charge in [0.25, 0.3) is 0 Å². The zero-order valence-electron chi connectivity index (χ0n) is 14.2. The maximum atomic E-state index is 12.0. The van der Waals surface area contributed by atoms with Crippen molar-refractivity contribution in [1.29, 1.82) is 0 Å². The Hall–Kier alpha value is -3.05. The highest BCUT2D eigenvalue weighted by Gasteiger charge is 2.09. The normalized spacial score (nSPS) is 11.5. The molecule has 6 heteroatoms.